The molecule has 2 rings (SSSR count). The van der Waals surface area contributed by atoms with Crippen LogP contribution in [0.4, 0.5) is 11.4 Å². The van der Waals surface area contributed by atoms with Crippen molar-refractivity contribution in [1.29, 1.82) is 0 Å². The lowest BCUT2D eigenvalue weighted by Crippen LogP contribution is -2.20. The molecular weight excluding hydrogens is 376 g/mol. The number of phenols is 1. The number of anilines is 1. The number of nitrogens with one attached hydrogen (secondary N) is 2. The van der Waals surface area contributed by atoms with Crippen LogP contribution in [-0.4, -0.2) is 28.1 Å². The van der Waals surface area contributed by atoms with Gasteiger partial charge in [0.05, 0.1) is 11.1 Å². The standard InChI is InChI=1S/C17H15ClN4O5/c18-12-2-1-3-13(9-12)20-16(24)6-7-17(25)21-19-10-11-4-5-15(23)14(8-11)22(26)27/h1-5,8-10,23H,6-7H2,(H,20,24)(H,21,25). The molecule has 3 N–H and O–H groups in total. The summed E-state index contributed by atoms with van der Waals surface area (Å²) in [5, 5.41) is 26.9. The van der Waals surface area contributed by atoms with Gasteiger partial charge in [0, 0.05) is 35.2 Å². The molecule has 0 aliphatic heterocycles. The molecule has 0 aromatic heterocycles. The Bertz CT molecular complexity index is 901. The van der Waals surface area contributed by atoms with Gasteiger partial charge in [-0.25, -0.2) is 5.43 Å². The Labute approximate surface area is 158 Å². The zero-order valence-corrected chi connectivity index (χ0v) is 14.6. The first-order valence-electron chi connectivity index (χ1n) is 7.70. The molecule has 0 aliphatic carbocycles. The zero-order valence-electron chi connectivity index (χ0n) is 13.9. The fourth-order valence-electron chi connectivity index (χ4n) is 2.02. The fraction of sp³-hybridized carbons (Fsp3) is 0.118. The summed E-state index contributed by atoms with van der Waals surface area (Å²) in [4.78, 5) is 33.5. The molecule has 0 atom stereocenters. The number of hydrogen-bond acceptors (Lipinski definition) is 6. The van der Waals surface area contributed by atoms with Crippen LogP contribution in [-0.2, 0) is 9.59 Å². The maximum absolute atomic E-state index is 11.8. The van der Waals surface area contributed by atoms with Crippen molar-refractivity contribution in [2.24, 2.45) is 5.10 Å². The number of benzene rings is 2. The lowest BCUT2D eigenvalue weighted by atomic mass is 10.2. The lowest BCUT2D eigenvalue weighted by molar-refractivity contribution is -0.385. The minimum atomic E-state index is -0.732. The normalized spacial score (nSPS) is 10.6. The third-order valence-corrected chi connectivity index (χ3v) is 3.52. The van der Waals surface area contributed by atoms with Crippen LogP contribution in [0.1, 0.15) is 18.4 Å². The molecule has 0 unspecified atom stereocenters. The molecule has 0 radical (unpaired) electrons. The van der Waals surface area contributed by atoms with Gasteiger partial charge in [-0.3, -0.25) is 19.7 Å². The number of phenolic OH excluding ortho intramolecular Hbond substituents is 1. The first-order chi connectivity index (χ1) is 12.8. The summed E-state index contributed by atoms with van der Waals surface area (Å²) in [6.45, 7) is 0. The number of hydrazone groups is 1. The smallest absolute Gasteiger partial charge is 0.311 e. The van der Waals surface area contributed by atoms with Crippen molar-refractivity contribution in [2.75, 3.05) is 5.32 Å². The number of halogens is 1. The summed E-state index contributed by atoms with van der Waals surface area (Å²) in [5.41, 5.74) is 2.60. The highest BCUT2D eigenvalue weighted by atomic mass is 35.5. The maximum Gasteiger partial charge on any atom is 0.311 e. The molecule has 2 amide bonds. The Balaban J connectivity index is 1.80. The van der Waals surface area contributed by atoms with Gasteiger partial charge in [-0.15, -0.1) is 0 Å². The van der Waals surface area contributed by atoms with Crippen molar-refractivity contribution in [1.82, 2.24) is 5.43 Å². The molecule has 0 saturated carbocycles. The highest BCUT2D eigenvalue weighted by molar-refractivity contribution is 6.30. The largest absolute Gasteiger partial charge is 0.502 e. The minimum absolute atomic E-state index is 0.0570. The summed E-state index contributed by atoms with van der Waals surface area (Å²) in [6.07, 6.45) is 1.04. The Morgan fingerprint density at radius 2 is 1.93 bits per heavy atom. The number of amides is 2. The predicted molar refractivity (Wildman–Crippen MR) is 99.8 cm³/mol. The molecule has 10 heteroatoms. The monoisotopic (exact) mass is 390 g/mol. The highest BCUT2D eigenvalue weighted by Gasteiger charge is 2.12. The summed E-state index contributed by atoms with van der Waals surface area (Å²) in [5.74, 6) is -1.32. The molecule has 0 aliphatic rings. The van der Waals surface area contributed by atoms with Gasteiger partial charge in [0.1, 0.15) is 0 Å². The van der Waals surface area contributed by atoms with E-state index in [1.807, 2.05) is 0 Å². The quantitative estimate of drug-likeness (QED) is 0.379. The van der Waals surface area contributed by atoms with E-state index >= 15 is 0 Å². The van der Waals surface area contributed by atoms with Crippen LogP contribution in [0, 0.1) is 10.1 Å². The summed E-state index contributed by atoms with van der Waals surface area (Å²) in [7, 11) is 0. The molecule has 27 heavy (non-hydrogen) atoms. The number of rotatable bonds is 7. The number of nitro benzene ring substituents is 1. The van der Waals surface area contributed by atoms with Crippen molar-refractivity contribution in [2.45, 2.75) is 12.8 Å². The van der Waals surface area contributed by atoms with E-state index in [9.17, 15) is 24.8 Å². The van der Waals surface area contributed by atoms with Crippen LogP contribution in [0.25, 0.3) is 0 Å². The van der Waals surface area contributed by atoms with Crippen molar-refractivity contribution < 1.29 is 19.6 Å². The van der Waals surface area contributed by atoms with Gasteiger partial charge in [0.15, 0.2) is 5.75 Å². The summed E-state index contributed by atoms with van der Waals surface area (Å²) >= 11 is 5.82. The molecule has 0 heterocycles. The number of nitrogens with zero attached hydrogens (tertiary/aromatic N) is 2. The number of aromatic hydroxyl groups is 1. The molecule has 0 bridgehead atoms. The van der Waals surface area contributed by atoms with E-state index in [4.69, 9.17) is 11.6 Å². The van der Waals surface area contributed by atoms with Gasteiger partial charge in [-0.2, -0.15) is 5.10 Å². The average Bonchev–Trinajstić information content (AvgIpc) is 2.61. The predicted octanol–water partition coefficient (Wildman–Crippen LogP) is 2.82. The van der Waals surface area contributed by atoms with Gasteiger partial charge in [0.25, 0.3) is 0 Å². The van der Waals surface area contributed by atoms with Crippen molar-refractivity contribution in [3.05, 3.63) is 63.2 Å². The van der Waals surface area contributed by atoms with Crippen LogP contribution in [0.3, 0.4) is 0 Å². The van der Waals surface area contributed by atoms with E-state index in [1.54, 1.807) is 24.3 Å². The molecule has 0 saturated heterocycles. The third kappa shape index (κ3) is 6.40. The Kier molecular flexibility index (Phi) is 6.84. The van der Waals surface area contributed by atoms with E-state index in [2.05, 4.69) is 15.8 Å². The van der Waals surface area contributed by atoms with Crippen LogP contribution in [0.2, 0.25) is 5.02 Å². The first-order valence-corrected chi connectivity index (χ1v) is 8.07. The zero-order chi connectivity index (χ0) is 19.8. The van der Waals surface area contributed by atoms with E-state index in [1.165, 1.54) is 12.3 Å². The number of carbonyl (C=O) groups is 2. The average molecular weight is 391 g/mol. The molecule has 2 aromatic rings. The van der Waals surface area contributed by atoms with Crippen molar-refractivity contribution in [3.8, 4) is 5.75 Å². The topological polar surface area (TPSA) is 134 Å². The van der Waals surface area contributed by atoms with E-state index < -0.39 is 22.3 Å². The lowest BCUT2D eigenvalue weighted by Gasteiger charge is -2.05. The van der Waals surface area contributed by atoms with Crippen molar-refractivity contribution in [3.63, 3.8) is 0 Å². The van der Waals surface area contributed by atoms with Gasteiger partial charge >= 0.3 is 5.69 Å². The Morgan fingerprint density at radius 1 is 1.19 bits per heavy atom. The molecule has 0 spiro atoms. The van der Waals surface area contributed by atoms with Gasteiger partial charge in [0.2, 0.25) is 11.8 Å². The van der Waals surface area contributed by atoms with E-state index in [-0.39, 0.29) is 18.7 Å². The second-order valence-corrected chi connectivity index (χ2v) is 5.79. The van der Waals surface area contributed by atoms with E-state index in [0.717, 1.165) is 12.1 Å². The molecule has 2 aromatic carbocycles. The molecule has 140 valence electrons. The SMILES string of the molecule is O=C(CCC(=O)Nc1cccc(Cl)c1)NN=Cc1ccc(O)c([N+](=O)[O-])c1. The summed E-state index contributed by atoms with van der Waals surface area (Å²) < 4.78 is 0. The van der Waals surface area contributed by atoms with Crippen molar-refractivity contribution >= 4 is 41.0 Å². The minimum Gasteiger partial charge on any atom is -0.502 e. The van der Waals surface area contributed by atoms with Gasteiger partial charge in [-0.1, -0.05) is 17.7 Å². The molecule has 0 fully saturated rings. The van der Waals surface area contributed by atoms with Gasteiger partial charge in [-0.05, 0) is 30.3 Å². The molecule has 9 nitrogen and oxygen atoms in total. The van der Waals surface area contributed by atoms with E-state index in [0.29, 0.717) is 16.3 Å². The summed E-state index contributed by atoms with van der Waals surface area (Å²) in [6, 6.07) is 10.3. The van der Waals surface area contributed by atoms with Gasteiger partial charge < -0.3 is 10.4 Å². The second kappa shape index (κ2) is 9.30. The Hall–Kier alpha value is -3.46. The molecular formula is C17H15ClN4O5. The fourth-order valence-corrected chi connectivity index (χ4v) is 2.21. The number of nitro groups is 1. The highest BCUT2D eigenvalue weighted by Crippen LogP contribution is 2.25. The van der Waals surface area contributed by atoms with Crippen LogP contribution >= 0.6 is 11.6 Å². The third-order valence-electron chi connectivity index (χ3n) is 3.29. The second-order valence-electron chi connectivity index (χ2n) is 5.36. The van der Waals surface area contributed by atoms with Crippen LogP contribution in [0.5, 0.6) is 5.75 Å². The maximum atomic E-state index is 11.8. The number of hydrogen-bond donors (Lipinski definition) is 3. The number of carbonyl (C=O) groups excluding carboxylic acids is 2. The first kappa shape index (κ1) is 19.9. The van der Waals surface area contributed by atoms with Crippen LogP contribution < -0.4 is 10.7 Å². The Morgan fingerprint density at radius 3 is 2.63 bits per heavy atom. The van der Waals surface area contributed by atoms with Crippen LogP contribution in [0.15, 0.2) is 47.6 Å².